The van der Waals surface area contributed by atoms with Crippen LogP contribution in [0.5, 0.6) is 5.75 Å². The first-order chi connectivity index (χ1) is 9.11. The maximum atomic E-state index is 6.40. The van der Waals surface area contributed by atoms with Gasteiger partial charge in [-0.05, 0) is 51.1 Å². The molecule has 1 N–H and O–H groups in total. The van der Waals surface area contributed by atoms with Gasteiger partial charge in [-0.3, -0.25) is 0 Å². The molecule has 3 rings (SSSR count). The molecule has 4 heteroatoms. The van der Waals surface area contributed by atoms with E-state index in [1.54, 1.807) is 7.11 Å². The number of rotatable bonds is 2. The molecule has 19 heavy (non-hydrogen) atoms. The van der Waals surface area contributed by atoms with E-state index in [2.05, 4.69) is 24.0 Å². The fourth-order valence-electron chi connectivity index (χ4n) is 3.05. The maximum Gasteiger partial charge on any atom is 0.143 e. The van der Waals surface area contributed by atoms with E-state index in [9.17, 15) is 0 Å². The number of halogens is 1. The van der Waals surface area contributed by atoms with E-state index < -0.39 is 0 Å². The van der Waals surface area contributed by atoms with Crippen LogP contribution in [0.4, 0.5) is 0 Å². The summed E-state index contributed by atoms with van der Waals surface area (Å²) < 4.78 is 5.43. The van der Waals surface area contributed by atoms with Crippen molar-refractivity contribution in [2.75, 3.05) is 21.2 Å². The molecule has 102 valence electrons. The number of H-pyrrole nitrogens is 1. The summed E-state index contributed by atoms with van der Waals surface area (Å²) in [6.07, 6.45) is 3.31. The van der Waals surface area contributed by atoms with Gasteiger partial charge in [0.25, 0.3) is 0 Å². The van der Waals surface area contributed by atoms with Crippen molar-refractivity contribution >= 4 is 22.5 Å². The normalized spacial score (nSPS) is 18.9. The summed E-state index contributed by atoms with van der Waals surface area (Å²) in [7, 11) is 5.99. The van der Waals surface area contributed by atoms with Crippen molar-refractivity contribution in [3.63, 3.8) is 0 Å². The number of ether oxygens (including phenoxy) is 1. The zero-order valence-corrected chi connectivity index (χ0v) is 12.3. The van der Waals surface area contributed by atoms with Gasteiger partial charge in [0, 0.05) is 17.1 Å². The third-order valence-electron chi connectivity index (χ3n) is 4.18. The van der Waals surface area contributed by atoms with Crippen LogP contribution < -0.4 is 4.74 Å². The third-order valence-corrected chi connectivity index (χ3v) is 4.49. The van der Waals surface area contributed by atoms with E-state index in [1.165, 1.54) is 17.7 Å². The van der Waals surface area contributed by atoms with Crippen molar-refractivity contribution in [2.45, 2.75) is 25.3 Å². The number of benzene rings is 1. The van der Waals surface area contributed by atoms with Crippen LogP contribution in [0.1, 0.15) is 17.7 Å². The summed E-state index contributed by atoms with van der Waals surface area (Å²) in [5.41, 5.74) is 3.72. The number of fused-ring (bicyclic) bond motifs is 3. The number of aryl methyl sites for hydroxylation is 1. The first-order valence-corrected chi connectivity index (χ1v) is 7.02. The minimum Gasteiger partial charge on any atom is -0.495 e. The lowest BCUT2D eigenvalue weighted by Crippen LogP contribution is -2.33. The molecule has 0 aliphatic heterocycles. The van der Waals surface area contributed by atoms with Gasteiger partial charge in [0.05, 0.1) is 17.6 Å². The highest BCUT2D eigenvalue weighted by Gasteiger charge is 2.25. The summed E-state index contributed by atoms with van der Waals surface area (Å²) in [5, 5.41) is 1.95. The molecular formula is C15H19ClN2O. The predicted molar refractivity (Wildman–Crippen MR) is 79.4 cm³/mol. The molecule has 1 heterocycles. The van der Waals surface area contributed by atoms with Crippen molar-refractivity contribution < 1.29 is 4.74 Å². The van der Waals surface area contributed by atoms with E-state index in [1.807, 2.05) is 12.1 Å². The second-order valence-electron chi connectivity index (χ2n) is 5.44. The Morgan fingerprint density at radius 3 is 2.84 bits per heavy atom. The number of methoxy groups -OCH3 is 1. The van der Waals surface area contributed by atoms with Crippen LogP contribution in [-0.4, -0.2) is 37.1 Å². The minimum absolute atomic E-state index is 0.591. The van der Waals surface area contributed by atoms with Crippen LogP contribution in [0.2, 0.25) is 5.02 Å². The minimum atomic E-state index is 0.591. The molecule has 2 aromatic rings. The molecule has 1 aliphatic carbocycles. The molecule has 0 bridgehead atoms. The number of hydrogen-bond acceptors (Lipinski definition) is 2. The lowest BCUT2D eigenvalue weighted by atomic mass is 9.91. The van der Waals surface area contributed by atoms with Gasteiger partial charge in [0.15, 0.2) is 0 Å². The van der Waals surface area contributed by atoms with E-state index in [-0.39, 0.29) is 0 Å². The molecule has 3 nitrogen and oxygen atoms in total. The van der Waals surface area contributed by atoms with Crippen molar-refractivity contribution in [3.05, 3.63) is 28.4 Å². The standard InChI is InChI=1S/C15H19ClN2O/c1-18(2)9-4-6-12-10(8-9)14-11(16)5-7-13(19-3)15(14)17-12/h5,7,9,17H,4,6,8H2,1-3H3. The third kappa shape index (κ3) is 2.01. The Labute approximate surface area is 118 Å². The number of nitrogens with one attached hydrogen (secondary N) is 1. The van der Waals surface area contributed by atoms with Gasteiger partial charge in [-0.1, -0.05) is 11.6 Å². The van der Waals surface area contributed by atoms with Crippen LogP contribution in [0, 0.1) is 0 Å². The fraction of sp³-hybridized carbons (Fsp3) is 0.467. The Kier molecular flexibility index (Phi) is 3.19. The lowest BCUT2D eigenvalue weighted by molar-refractivity contribution is 0.268. The Hall–Kier alpha value is -1.19. The van der Waals surface area contributed by atoms with E-state index in [0.717, 1.165) is 34.5 Å². The molecule has 0 spiro atoms. The van der Waals surface area contributed by atoms with Gasteiger partial charge < -0.3 is 14.6 Å². The molecule has 1 aromatic heterocycles. The number of aromatic nitrogens is 1. The van der Waals surface area contributed by atoms with Crippen LogP contribution in [0.3, 0.4) is 0 Å². The second-order valence-corrected chi connectivity index (χ2v) is 5.85. The molecule has 0 amide bonds. The van der Waals surface area contributed by atoms with Gasteiger partial charge in [-0.15, -0.1) is 0 Å². The highest BCUT2D eigenvalue weighted by Crippen LogP contribution is 2.38. The largest absolute Gasteiger partial charge is 0.495 e. The first kappa shape index (κ1) is 12.8. The van der Waals surface area contributed by atoms with Gasteiger partial charge >= 0.3 is 0 Å². The van der Waals surface area contributed by atoms with Crippen LogP contribution in [-0.2, 0) is 12.8 Å². The average Bonchev–Trinajstić information content (AvgIpc) is 2.78. The summed E-state index contributed by atoms with van der Waals surface area (Å²) >= 11 is 6.40. The molecular weight excluding hydrogens is 260 g/mol. The number of nitrogens with zero attached hydrogens (tertiary/aromatic N) is 1. The van der Waals surface area contributed by atoms with Gasteiger partial charge in [-0.2, -0.15) is 0 Å². The zero-order valence-electron chi connectivity index (χ0n) is 11.6. The maximum absolute atomic E-state index is 6.40. The molecule has 0 saturated carbocycles. The van der Waals surface area contributed by atoms with E-state index in [0.29, 0.717) is 6.04 Å². The van der Waals surface area contributed by atoms with Crippen molar-refractivity contribution in [3.8, 4) is 5.75 Å². The van der Waals surface area contributed by atoms with E-state index >= 15 is 0 Å². The lowest BCUT2D eigenvalue weighted by Gasteiger charge is -2.28. The van der Waals surface area contributed by atoms with Crippen LogP contribution >= 0.6 is 11.6 Å². The Morgan fingerprint density at radius 2 is 2.16 bits per heavy atom. The fourth-order valence-corrected chi connectivity index (χ4v) is 3.32. The van der Waals surface area contributed by atoms with Crippen molar-refractivity contribution in [2.24, 2.45) is 0 Å². The monoisotopic (exact) mass is 278 g/mol. The van der Waals surface area contributed by atoms with E-state index in [4.69, 9.17) is 16.3 Å². The SMILES string of the molecule is COc1ccc(Cl)c2c3c([nH]c12)CCC(N(C)C)C3. The topological polar surface area (TPSA) is 28.3 Å². The predicted octanol–water partition coefficient (Wildman–Crippen LogP) is 3.25. The number of hydrogen-bond donors (Lipinski definition) is 1. The second kappa shape index (κ2) is 4.73. The Balaban J connectivity index is 2.18. The molecule has 1 aromatic carbocycles. The molecule has 1 unspecified atom stereocenters. The Bertz CT molecular complexity index is 618. The highest BCUT2D eigenvalue weighted by molar-refractivity contribution is 6.36. The number of aromatic amines is 1. The quantitative estimate of drug-likeness (QED) is 0.913. The number of likely N-dealkylation sites (N-methyl/N-ethyl adjacent to an activating group) is 1. The van der Waals surface area contributed by atoms with Crippen LogP contribution in [0.25, 0.3) is 10.9 Å². The van der Waals surface area contributed by atoms with Crippen molar-refractivity contribution in [1.29, 1.82) is 0 Å². The van der Waals surface area contributed by atoms with Gasteiger partial charge in [-0.25, -0.2) is 0 Å². The summed E-state index contributed by atoms with van der Waals surface area (Å²) in [4.78, 5) is 5.81. The molecule has 1 atom stereocenters. The molecule has 0 fully saturated rings. The van der Waals surface area contributed by atoms with Gasteiger partial charge in [0.1, 0.15) is 5.75 Å². The van der Waals surface area contributed by atoms with Crippen molar-refractivity contribution in [1.82, 2.24) is 9.88 Å². The smallest absolute Gasteiger partial charge is 0.143 e. The molecule has 1 aliphatic rings. The van der Waals surface area contributed by atoms with Crippen LogP contribution in [0.15, 0.2) is 12.1 Å². The average molecular weight is 279 g/mol. The molecule has 0 radical (unpaired) electrons. The summed E-state index contributed by atoms with van der Waals surface area (Å²) in [5.74, 6) is 0.871. The summed E-state index contributed by atoms with van der Waals surface area (Å²) in [6, 6.07) is 4.44. The van der Waals surface area contributed by atoms with Gasteiger partial charge in [0.2, 0.25) is 0 Å². The Morgan fingerprint density at radius 1 is 1.37 bits per heavy atom. The molecule has 0 saturated heterocycles. The summed E-state index contributed by atoms with van der Waals surface area (Å²) in [6.45, 7) is 0. The highest BCUT2D eigenvalue weighted by atomic mass is 35.5. The zero-order chi connectivity index (χ0) is 13.6. The first-order valence-electron chi connectivity index (χ1n) is 6.64.